The molecule has 4 nitrogen and oxygen atoms in total. The van der Waals surface area contributed by atoms with Gasteiger partial charge in [0, 0.05) is 55.8 Å². The molecule has 0 aromatic heterocycles. The van der Waals surface area contributed by atoms with Gasteiger partial charge in [-0.2, -0.15) is 11.8 Å². The summed E-state index contributed by atoms with van der Waals surface area (Å²) >= 11 is 2.03. The van der Waals surface area contributed by atoms with Crippen molar-refractivity contribution in [2.45, 2.75) is 37.0 Å². The predicted molar refractivity (Wildman–Crippen MR) is 135 cm³/mol. The molecule has 1 unspecified atom stereocenters. The van der Waals surface area contributed by atoms with Crippen molar-refractivity contribution < 1.29 is 14.0 Å². The molecule has 176 valence electrons. The lowest BCUT2D eigenvalue weighted by atomic mass is 9.83. The van der Waals surface area contributed by atoms with Crippen LogP contribution in [-0.2, 0) is 16.0 Å². The molecule has 4 fully saturated rings. The summed E-state index contributed by atoms with van der Waals surface area (Å²) in [6.45, 7) is 7.57. The highest BCUT2D eigenvalue weighted by molar-refractivity contribution is 7.99. The van der Waals surface area contributed by atoms with E-state index in [1.54, 1.807) is 0 Å². The molecule has 2 atom stereocenters. The van der Waals surface area contributed by atoms with E-state index in [-0.39, 0.29) is 12.1 Å². The van der Waals surface area contributed by atoms with E-state index < -0.39 is 0 Å². The molecule has 2 aromatic carbocycles. The van der Waals surface area contributed by atoms with Gasteiger partial charge >= 0.3 is 5.97 Å². The molecule has 5 heteroatoms. The number of ether oxygens (including phenoxy) is 1. The van der Waals surface area contributed by atoms with Crippen LogP contribution in [0.15, 0.2) is 60.7 Å². The van der Waals surface area contributed by atoms with Crippen LogP contribution in [-0.4, -0.2) is 73.0 Å². The van der Waals surface area contributed by atoms with Crippen LogP contribution in [0.5, 0.6) is 0 Å². The number of hydrogen-bond donors (Lipinski definition) is 0. The third-order valence-corrected chi connectivity index (χ3v) is 9.24. The Morgan fingerprint density at radius 1 is 1.03 bits per heavy atom. The van der Waals surface area contributed by atoms with Crippen LogP contribution in [0.2, 0.25) is 0 Å². The van der Waals surface area contributed by atoms with Crippen LogP contribution < -0.4 is 0 Å². The van der Waals surface area contributed by atoms with E-state index >= 15 is 0 Å². The quantitative estimate of drug-likeness (QED) is 0.422. The molecule has 0 aliphatic carbocycles. The summed E-state index contributed by atoms with van der Waals surface area (Å²) in [5, 5.41) is 0.506. The van der Waals surface area contributed by atoms with Gasteiger partial charge in [-0.1, -0.05) is 60.7 Å². The van der Waals surface area contributed by atoms with E-state index in [4.69, 9.17) is 4.74 Å². The van der Waals surface area contributed by atoms with Crippen molar-refractivity contribution in [2.24, 2.45) is 5.92 Å². The van der Waals surface area contributed by atoms with E-state index in [2.05, 4.69) is 65.6 Å². The highest BCUT2D eigenvalue weighted by atomic mass is 32.2. The van der Waals surface area contributed by atoms with E-state index in [1.165, 1.54) is 37.1 Å². The Hall–Kier alpha value is -1.82. The summed E-state index contributed by atoms with van der Waals surface area (Å²) in [5.41, 5.74) is 2.81. The van der Waals surface area contributed by atoms with Gasteiger partial charge in [0.2, 0.25) is 0 Å². The molecule has 0 saturated carbocycles. The van der Waals surface area contributed by atoms with Crippen molar-refractivity contribution in [3.05, 3.63) is 71.8 Å². The van der Waals surface area contributed by atoms with Gasteiger partial charge in [-0.25, -0.2) is 0 Å². The van der Waals surface area contributed by atoms with Gasteiger partial charge in [-0.3, -0.25) is 4.79 Å². The SMILES string of the molecule is O=C(CCN1CCSC(c2ccccc2)C1)O[C@@H]1C[N+]2(CCc3ccccc3)CCC1CC2. The second kappa shape index (κ2) is 10.6. The van der Waals surface area contributed by atoms with Gasteiger partial charge in [0.25, 0.3) is 0 Å². The fourth-order valence-corrected chi connectivity index (χ4v) is 7.25. The van der Waals surface area contributed by atoms with Gasteiger partial charge in [0.05, 0.1) is 26.1 Å². The summed E-state index contributed by atoms with van der Waals surface area (Å²) in [6, 6.07) is 21.6. The van der Waals surface area contributed by atoms with Crippen LogP contribution >= 0.6 is 11.8 Å². The van der Waals surface area contributed by atoms with Gasteiger partial charge < -0.3 is 14.1 Å². The van der Waals surface area contributed by atoms with Crippen molar-refractivity contribution in [3.8, 4) is 0 Å². The maximum Gasteiger partial charge on any atom is 0.307 e. The second-order valence-electron chi connectivity index (χ2n) is 10.1. The van der Waals surface area contributed by atoms with Crippen molar-refractivity contribution in [2.75, 3.05) is 51.6 Å². The molecule has 33 heavy (non-hydrogen) atoms. The molecule has 0 spiro atoms. The Bertz CT molecular complexity index is 899. The number of benzene rings is 2. The molecule has 6 rings (SSSR count). The number of rotatable bonds is 8. The van der Waals surface area contributed by atoms with Crippen molar-refractivity contribution in [1.82, 2.24) is 4.90 Å². The smallest absolute Gasteiger partial charge is 0.307 e. The minimum atomic E-state index is 0.00412. The average Bonchev–Trinajstić information content (AvgIpc) is 2.88. The number of esters is 1. The van der Waals surface area contributed by atoms with E-state index in [0.29, 0.717) is 17.6 Å². The summed E-state index contributed by atoms with van der Waals surface area (Å²) in [5.74, 6) is 1.70. The highest BCUT2D eigenvalue weighted by Gasteiger charge is 2.47. The van der Waals surface area contributed by atoms with Crippen molar-refractivity contribution in [3.63, 3.8) is 0 Å². The standard InChI is InChI=1S/C28H37N2O2S/c31-28(11-15-29-16-20-33-27(21-29)25-9-5-2-6-10-25)32-26-22-30(18-13-24(26)14-19-30)17-12-23-7-3-1-4-8-23/h1-10,24,26-27H,11-22H2/q+1/t24?,26-,27?,30?/m1/s1. The number of piperidine rings is 3. The molecule has 4 heterocycles. The molecule has 0 radical (unpaired) electrons. The van der Waals surface area contributed by atoms with Crippen molar-refractivity contribution in [1.29, 1.82) is 0 Å². The molecular formula is C28H37N2O2S+. The number of carbonyl (C=O) groups excluding carboxylic acids is 1. The zero-order chi connectivity index (χ0) is 22.5. The number of fused-ring (bicyclic) bond motifs is 3. The summed E-state index contributed by atoms with van der Waals surface area (Å²) < 4.78 is 7.25. The second-order valence-corrected chi connectivity index (χ2v) is 11.4. The Morgan fingerprint density at radius 2 is 1.76 bits per heavy atom. The van der Waals surface area contributed by atoms with Gasteiger partial charge in [0.1, 0.15) is 6.54 Å². The molecule has 0 amide bonds. The average molecular weight is 466 g/mol. The van der Waals surface area contributed by atoms with E-state index in [9.17, 15) is 4.79 Å². The minimum absolute atomic E-state index is 0.00412. The number of thioether (sulfide) groups is 1. The first-order valence-electron chi connectivity index (χ1n) is 12.7. The summed E-state index contributed by atoms with van der Waals surface area (Å²) in [4.78, 5) is 15.2. The molecule has 0 N–H and O–H groups in total. The molecule has 4 aliphatic heterocycles. The monoisotopic (exact) mass is 465 g/mol. The topological polar surface area (TPSA) is 29.5 Å². The molecule has 2 aromatic rings. The van der Waals surface area contributed by atoms with Crippen LogP contribution in [0.25, 0.3) is 0 Å². The zero-order valence-electron chi connectivity index (χ0n) is 19.6. The maximum absolute atomic E-state index is 12.8. The fraction of sp³-hybridized carbons (Fsp3) is 0.536. The number of hydrogen-bond acceptors (Lipinski definition) is 4. The summed E-state index contributed by atoms with van der Waals surface area (Å²) in [6.07, 6.45) is 4.15. The Kier molecular flexibility index (Phi) is 7.39. The third kappa shape index (κ3) is 5.82. The first kappa shape index (κ1) is 22.9. The third-order valence-electron chi connectivity index (χ3n) is 8.00. The fourth-order valence-electron chi connectivity index (χ4n) is 5.93. The molecule has 2 bridgehead atoms. The van der Waals surface area contributed by atoms with Crippen LogP contribution in [0.4, 0.5) is 0 Å². The van der Waals surface area contributed by atoms with Crippen LogP contribution in [0.1, 0.15) is 35.6 Å². The van der Waals surface area contributed by atoms with Crippen molar-refractivity contribution >= 4 is 17.7 Å². The van der Waals surface area contributed by atoms with Crippen LogP contribution in [0, 0.1) is 5.92 Å². The van der Waals surface area contributed by atoms with Gasteiger partial charge in [-0.15, -0.1) is 0 Å². The minimum Gasteiger partial charge on any atom is -0.456 e. The first-order valence-corrected chi connectivity index (χ1v) is 13.7. The van der Waals surface area contributed by atoms with Gasteiger partial charge in [0.15, 0.2) is 6.10 Å². The Morgan fingerprint density at radius 3 is 2.52 bits per heavy atom. The van der Waals surface area contributed by atoms with E-state index in [1.807, 2.05) is 11.8 Å². The highest BCUT2D eigenvalue weighted by Crippen LogP contribution is 2.36. The summed E-state index contributed by atoms with van der Waals surface area (Å²) in [7, 11) is 0. The Balaban J connectivity index is 1.10. The van der Waals surface area contributed by atoms with Crippen LogP contribution in [0.3, 0.4) is 0 Å². The molecule has 4 saturated heterocycles. The molecule has 4 aliphatic rings. The zero-order valence-corrected chi connectivity index (χ0v) is 20.4. The number of nitrogens with zero attached hydrogens (tertiary/aromatic N) is 2. The lowest BCUT2D eigenvalue weighted by Gasteiger charge is -2.52. The van der Waals surface area contributed by atoms with Gasteiger partial charge in [-0.05, 0) is 11.1 Å². The predicted octanol–water partition coefficient (Wildman–Crippen LogP) is 4.56. The molecular weight excluding hydrogens is 428 g/mol. The first-order chi connectivity index (χ1) is 16.2. The lowest BCUT2D eigenvalue weighted by Crippen LogP contribution is -2.65. The lowest BCUT2D eigenvalue weighted by molar-refractivity contribution is -0.946. The number of quaternary nitrogens is 1. The number of carbonyl (C=O) groups is 1. The Labute approximate surface area is 202 Å². The van der Waals surface area contributed by atoms with E-state index in [0.717, 1.165) is 49.4 Å². The normalized spacial score (nSPS) is 29.6. The maximum atomic E-state index is 12.8. The largest absolute Gasteiger partial charge is 0.456 e.